The molecule has 2 atom stereocenters. The van der Waals surface area contributed by atoms with E-state index < -0.39 is 0 Å². The van der Waals surface area contributed by atoms with Crippen molar-refractivity contribution in [1.82, 2.24) is 14.9 Å². The lowest BCUT2D eigenvalue weighted by atomic mass is 9.96. The Balaban J connectivity index is 1.64. The first-order valence-corrected chi connectivity index (χ1v) is 13.1. The topological polar surface area (TPSA) is 59.4 Å². The number of aromatic nitrogens is 2. The van der Waals surface area contributed by atoms with E-state index in [1.165, 1.54) is 7.11 Å². The van der Waals surface area contributed by atoms with Crippen molar-refractivity contribution in [1.29, 1.82) is 0 Å². The number of nitrogens with zero attached hydrogens (tertiary/aromatic N) is 3. The van der Waals surface area contributed by atoms with Crippen molar-refractivity contribution in [3.8, 4) is 5.69 Å². The second-order valence-electron chi connectivity index (χ2n) is 9.13. The van der Waals surface area contributed by atoms with Gasteiger partial charge in [-0.05, 0) is 105 Å². The van der Waals surface area contributed by atoms with E-state index in [1.54, 1.807) is 12.1 Å². The van der Waals surface area contributed by atoms with E-state index >= 15 is 0 Å². The van der Waals surface area contributed by atoms with Crippen LogP contribution in [-0.4, -0.2) is 27.7 Å². The first kappa shape index (κ1) is 25.2. The molecular weight excluding hydrogens is 548 g/mol. The van der Waals surface area contributed by atoms with Gasteiger partial charge in [-0.15, -0.1) is 0 Å². The van der Waals surface area contributed by atoms with E-state index in [2.05, 4.69) is 80.7 Å². The molecule has 2 aromatic heterocycles. The Hall–Kier alpha value is -3.49. The van der Waals surface area contributed by atoms with E-state index in [9.17, 15) is 4.79 Å². The smallest absolute Gasteiger partial charge is 0.337 e. The Kier molecular flexibility index (Phi) is 6.88. The Morgan fingerprint density at radius 3 is 2.41 bits per heavy atom. The summed E-state index contributed by atoms with van der Waals surface area (Å²) >= 11 is 9.53. The van der Waals surface area contributed by atoms with Crippen LogP contribution in [0.2, 0.25) is 0 Å². The summed E-state index contributed by atoms with van der Waals surface area (Å²) in [4.78, 5) is 18.8. The summed E-state index contributed by atoms with van der Waals surface area (Å²) in [7, 11) is 1.39. The molecule has 0 bridgehead atoms. The van der Waals surface area contributed by atoms with E-state index in [4.69, 9.17) is 17.0 Å². The van der Waals surface area contributed by atoms with Crippen LogP contribution in [0.15, 0.2) is 77.4 Å². The highest BCUT2D eigenvalue weighted by atomic mass is 79.9. The van der Waals surface area contributed by atoms with Crippen molar-refractivity contribution in [3.63, 3.8) is 0 Å². The van der Waals surface area contributed by atoms with Gasteiger partial charge in [0.2, 0.25) is 0 Å². The molecule has 8 heteroatoms. The van der Waals surface area contributed by atoms with Gasteiger partial charge in [-0.1, -0.05) is 22.0 Å². The van der Waals surface area contributed by atoms with Crippen molar-refractivity contribution >= 4 is 44.9 Å². The predicted octanol–water partition coefficient (Wildman–Crippen LogP) is 6.52. The molecule has 1 fully saturated rings. The van der Waals surface area contributed by atoms with Crippen LogP contribution in [0.1, 0.15) is 50.7 Å². The maximum absolute atomic E-state index is 11.9. The van der Waals surface area contributed by atoms with Crippen molar-refractivity contribution in [2.45, 2.75) is 32.9 Å². The van der Waals surface area contributed by atoms with Gasteiger partial charge >= 0.3 is 5.97 Å². The number of methoxy groups -OCH3 is 1. The number of benzene rings is 2. The normalized spacial score (nSPS) is 17.1. The number of pyridine rings is 1. The monoisotopic (exact) mass is 574 g/mol. The molecule has 0 aliphatic carbocycles. The Morgan fingerprint density at radius 1 is 1.03 bits per heavy atom. The minimum Gasteiger partial charge on any atom is -0.465 e. The Labute approximate surface area is 230 Å². The summed E-state index contributed by atoms with van der Waals surface area (Å²) in [6.45, 7) is 6.29. The number of ether oxygens (including phenoxy) is 1. The molecular formula is C29H27BrN4O2S. The molecule has 2 aromatic carbocycles. The number of aryl methyl sites for hydroxylation is 2. The largest absolute Gasteiger partial charge is 0.465 e. The lowest BCUT2D eigenvalue weighted by molar-refractivity contribution is 0.0600. The fourth-order valence-electron chi connectivity index (χ4n) is 5.08. The van der Waals surface area contributed by atoms with Gasteiger partial charge < -0.3 is 19.5 Å². The third kappa shape index (κ3) is 4.55. The van der Waals surface area contributed by atoms with Gasteiger partial charge in [-0.3, -0.25) is 4.98 Å². The summed E-state index contributed by atoms with van der Waals surface area (Å²) in [6.07, 6.45) is 1.82. The number of thiocarbonyl (C=S) groups is 1. The summed E-state index contributed by atoms with van der Waals surface area (Å²) in [5, 5.41) is 4.21. The average molecular weight is 576 g/mol. The van der Waals surface area contributed by atoms with Gasteiger partial charge in [0.1, 0.15) is 0 Å². The van der Waals surface area contributed by atoms with Crippen LogP contribution in [0.25, 0.3) is 5.69 Å². The number of carbonyl (C=O) groups excluding carboxylic acids is 1. The number of nitrogens with one attached hydrogen (secondary N) is 1. The van der Waals surface area contributed by atoms with Crippen LogP contribution < -0.4 is 10.2 Å². The molecule has 1 aliphatic heterocycles. The first-order chi connectivity index (χ1) is 17.8. The molecule has 0 radical (unpaired) electrons. The molecule has 0 saturated carbocycles. The molecule has 0 unspecified atom stereocenters. The number of hydrogen-bond acceptors (Lipinski definition) is 4. The van der Waals surface area contributed by atoms with Crippen LogP contribution in [0.5, 0.6) is 0 Å². The lowest BCUT2D eigenvalue weighted by Gasteiger charge is -2.28. The third-order valence-electron chi connectivity index (χ3n) is 6.85. The van der Waals surface area contributed by atoms with Crippen molar-refractivity contribution in [2.75, 3.05) is 12.0 Å². The molecule has 3 heterocycles. The molecule has 4 aromatic rings. The second kappa shape index (κ2) is 10.1. The molecule has 6 nitrogen and oxygen atoms in total. The summed E-state index contributed by atoms with van der Waals surface area (Å²) < 4.78 is 8.12. The summed E-state index contributed by atoms with van der Waals surface area (Å²) in [5.41, 5.74) is 7.92. The van der Waals surface area contributed by atoms with Crippen molar-refractivity contribution in [2.24, 2.45) is 0 Å². The standard InChI is InChI=1S/C29H27BrN4O2S/c1-17-15-22(12-13-24(17)30)34-27(26(32-29(34)37)25-7-5-6-14-31-25)23-16-18(2)33(19(23)3)21-10-8-20(9-11-21)28(35)36-4/h5-16,26-27H,1-4H3,(H,32,37)/t26-,27+/m0/s1. The predicted molar refractivity (Wildman–Crippen MR) is 153 cm³/mol. The zero-order chi connectivity index (χ0) is 26.3. The molecule has 5 rings (SSSR count). The van der Waals surface area contributed by atoms with Gasteiger partial charge in [-0.25, -0.2) is 4.79 Å². The minimum atomic E-state index is -0.350. The number of esters is 1. The van der Waals surface area contributed by atoms with Gasteiger partial charge in [-0.2, -0.15) is 0 Å². The van der Waals surface area contributed by atoms with Crippen molar-refractivity contribution < 1.29 is 9.53 Å². The minimum absolute atomic E-state index is 0.114. The van der Waals surface area contributed by atoms with Gasteiger partial charge in [0.15, 0.2) is 5.11 Å². The SMILES string of the molecule is COC(=O)c1ccc(-n2c(C)cc([C@@H]3[C@H](c4ccccn4)NC(=S)N3c3ccc(Br)c(C)c3)c2C)cc1. The van der Waals surface area contributed by atoms with Gasteiger partial charge in [0.05, 0.1) is 30.5 Å². The molecule has 0 spiro atoms. The second-order valence-corrected chi connectivity index (χ2v) is 10.4. The number of carbonyl (C=O) groups is 1. The average Bonchev–Trinajstić information content (AvgIpc) is 3.40. The van der Waals surface area contributed by atoms with Crippen LogP contribution in [-0.2, 0) is 4.74 Å². The van der Waals surface area contributed by atoms with E-state index in [0.717, 1.165) is 44.1 Å². The highest BCUT2D eigenvalue weighted by Gasteiger charge is 2.42. The maximum Gasteiger partial charge on any atom is 0.337 e. The Bertz CT molecular complexity index is 1480. The first-order valence-electron chi connectivity index (χ1n) is 11.9. The molecule has 188 valence electrons. The van der Waals surface area contributed by atoms with Crippen LogP contribution in [0.4, 0.5) is 5.69 Å². The van der Waals surface area contributed by atoms with Crippen LogP contribution >= 0.6 is 28.1 Å². The number of anilines is 1. The molecule has 1 aliphatic rings. The quantitative estimate of drug-likeness (QED) is 0.216. The zero-order valence-electron chi connectivity index (χ0n) is 21.0. The van der Waals surface area contributed by atoms with Crippen molar-refractivity contribution in [3.05, 3.63) is 111 Å². The van der Waals surface area contributed by atoms with E-state index in [0.29, 0.717) is 10.7 Å². The third-order valence-corrected chi connectivity index (χ3v) is 8.06. The molecule has 1 saturated heterocycles. The van der Waals surface area contributed by atoms with E-state index in [-0.39, 0.29) is 18.1 Å². The number of hydrogen-bond donors (Lipinski definition) is 1. The molecule has 1 N–H and O–H groups in total. The summed E-state index contributed by atoms with van der Waals surface area (Å²) in [5.74, 6) is -0.350. The maximum atomic E-state index is 11.9. The van der Waals surface area contributed by atoms with Crippen LogP contribution in [0.3, 0.4) is 0 Å². The molecule has 0 amide bonds. The highest BCUT2D eigenvalue weighted by Crippen LogP contribution is 2.44. The lowest BCUT2D eigenvalue weighted by Crippen LogP contribution is -2.29. The van der Waals surface area contributed by atoms with Gasteiger partial charge in [0, 0.05) is 33.4 Å². The van der Waals surface area contributed by atoms with Crippen LogP contribution in [0, 0.1) is 20.8 Å². The Morgan fingerprint density at radius 2 is 1.76 bits per heavy atom. The fourth-order valence-corrected chi connectivity index (χ4v) is 5.67. The van der Waals surface area contributed by atoms with Gasteiger partial charge in [0.25, 0.3) is 0 Å². The fraction of sp³-hybridized carbons (Fsp3) is 0.207. The summed E-state index contributed by atoms with van der Waals surface area (Å²) in [6, 6.07) is 21.7. The van der Waals surface area contributed by atoms with E-state index in [1.807, 2.05) is 36.5 Å². The highest BCUT2D eigenvalue weighted by molar-refractivity contribution is 9.10. The number of rotatable bonds is 5. The zero-order valence-corrected chi connectivity index (χ0v) is 23.4. The number of halogens is 1. The molecule has 37 heavy (non-hydrogen) atoms.